The number of hydrogen-bond acceptors (Lipinski definition) is 3. The monoisotopic (exact) mass is 349 g/mol. The van der Waals surface area contributed by atoms with Crippen LogP contribution in [-0.2, 0) is 0 Å². The largest absolute Gasteiger partial charge is 0.357 e. The lowest BCUT2D eigenvalue weighted by molar-refractivity contribution is 0.0954. The van der Waals surface area contributed by atoms with E-state index >= 15 is 0 Å². The lowest BCUT2D eigenvalue weighted by atomic mass is 10.1. The zero-order valence-corrected chi connectivity index (χ0v) is 13.1. The van der Waals surface area contributed by atoms with E-state index in [1.165, 1.54) is 11.0 Å². The number of hydrogen-bond donors (Lipinski definition) is 0. The molecule has 0 aromatic heterocycles. The van der Waals surface area contributed by atoms with Crippen molar-refractivity contribution >= 4 is 34.5 Å². The van der Waals surface area contributed by atoms with Crippen molar-refractivity contribution in [2.75, 3.05) is 12.4 Å². The van der Waals surface area contributed by atoms with Gasteiger partial charge >= 0.3 is 0 Å². The van der Waals surface area contributed by atoms with E-state index < -0.39 is 11.6 Å². The zero-order chi connectivity index (χ0) is 13.3. The number of halogens is 3. The van der Waals surface area contributed by atoms with Crippen LogP contribution in [0.15, 0.2) is 28.8 Å². The summed E-state index contributed by atoms with van der Waals surface area (Å²) in [6, 6.07) is 3.03. The molecule has 0 amide bonds. The highest BCUT2D eigenvalue weighted by Crippen LogP contribution is 2.30. The van der Waals surface area contributed by atoms with E-state index in [0.29, 0.717) is 5.88 Å². The molecule has 1 heterocycles. The summed E-state index contributed by atoms with van der Waals surface area (Å²) in [4.78, 5) is 15.0. The van der Waals surface area contributed by atoms with Crippen molar-refractivity contribution in [1.82, 2.24) is 4.90 Å². The first-order valence-corrected chi connectivity index (χ1v) is 6.51. The topological polar surface area (TPSA) is 20.3 Å². The predicted molar refractivity (Wildman–Crippen MR) is 78.5 cm³/mol. The number of ketones is 1. The molecule has 1 aromatic carbocycles. The Hall–Kier alpha value is -0.880. The molecule has 0 saturated carbocycles. The van der Waals surface area contributed by atoms with Crippen LogP contribution in [0.5, 0.6) is 0 Å². The summed E-state index contributed by atoms with van der Waals surface area (Å²) in [7, 11) is 0. The molecule has 6 heteroatoms. The van der Waals surface area contributed by atoms with Crippen LogP contribution in [0.25, 0.3) is 0 Å². The quantitative estimate of drug-likeness (QED) is 0.769. The highest BCUT2D eigenvalue weighted by Gasteiger charge is 2.21. The van der Waals surface area contributed by atoms with Crippen LogP contribution in [0.3, 0.4) is 0 Å². The Balaban J connectivity index is 0.00000180. The number of allylic oxidation sites excluding steroid dienone is 2. The van der Waals surface area contributed by atoms with Gasteiger partial charge in [0, 0.05) is 16.7 Å². The van der Waals surface area contributed by atoms with Gasteiger partial charge in [-0.1, -0.05) is 0 Å². The van der Waals surface area contributed by atoms with Crippen LogP contribution in [0.1, 0.15) is 24.2 Å². The molecule has 1 aliphatic heterocycles. The smallest absolute Gasteiger partial charge is 0.185 e. The molecule has 0 spiro atoms. The van der Waals surface area contributed by atoms with Gasteiger partial charge in [-0.05, 0) is 26.0 Å². The van der Waals surface area contributed by atoms with Gasteiger partial charge in [-0.3, -0.25) is 4.79 Å². The van der Waals surface area contributed by atoms with Crippen LogP contribution in [0.2, 0.25) is 0 Å². The molecule has 104 valence electrons. The fraction of sp³-hybridized carbons (Fsp3) is 0.308. The van der Waals surface area contributed by atoms with Crippen molar-refractivity contribution in [3.63, 3.8) is 0 Å². The van der Waals surface area contributed by atoms with Gasteiger partial charge < -0.3 is 4.90 Å². The molecule has 1 aromatic rings. The minimum absolute atomic E-state index is 0. The first-order chi connectivity index (χ1) is 8.49. The van der Waals surface area contributed by atoms with Gasteiger partial charge in [-0.2, -0.15) is 0 Å². The van der Waals surface area contributed by atoms with Gasteiger partial charge in [0.05, 0.1) is 18.0 Å². The van der Waals surface area contributed by atoms with Crippen molar-refractivity contribution in [2.24, 2.45) is 0 Å². The molecular formula is C13H14BrF2NOS. The summed E-state index contributed by atoms with van der Waals surface area (Å²) in [5.41, 5.74) is 0.981. The average Bonchev–Trinajstić information content (AvgIpc) is 2.61. The van der Waals surface area contributed by atoms with Crippen LogP contribution < -0.4 is 0 Å². The molecule has 0 aliphatic carbocycles. The molecule has 2 nitrogen and oxygen atoms in total. The van der Waals surface area contributed by atoms with E-state index in [9.17, 15) is 13.6 Å². The Morgan fingerprint density at radius 3 is 2.58 bits per heavy atom. The van der Waals surface area contributed by atoms with Crippen molar-refractivity contribution in [3.8, 4) is 0 Å². The van der Waals surface area contributed by atoms with Gasteiger partial charge in [0.1, 0.15) is 11.6 Å². The average molecular weight is 350 g/mol. The van der Waals surface area contributed by atoms with E-state index in [1.807, 2.05) is 18.7 Å². The molecule has 0 unspecified atom stereocenters. The highest BCUT2D eigenvalue weighted by molar-refractivity contribution is 8.93. The summed E-state index contributed by atoms with van der Waals surface area (Å²) >= 11 is 1.66. The number of Topliss-reactive ketones (excluding diaryl/α,β-unsaturated/α-hetero) is 1. The number of rotatable bonds is 3. The van der Waals surface area contributed by atoms with Crippen LogP contribution in [-0.4, -0.2) is 23.1 Å². The first-order valence-electron chi connectivity index (χ1n) is 5.52. The first kappa shape index (κ1) is 16.2. The normalized spacial score (nSPS) is 14.6. The number of carbonyl (C=O) groups excluding carboxylic acids is 1. The van der Waals surface area contributed by atoms with Crippen molar-refractivity contribution in [1.29, 1.82) is 0 Å². The van der Waals surface area contributed by atoms with Gasteiger partial charge in [-0.25, -0.2) is 8.78 Å². The van der Waals surface area contributed by atoms with Gasteiger partial charge in [0.15, 0.2) is 5.78 Å². The van der Waals surface area contributed by atoms with Crippen LogP contribution in [0.4, 0.5) is 8.78 Å². The third kappa shape index (κ3) is 3.57. The maximum absolute atomic E-state index is 13.5. The highest BCUT2D eigenvalue weighted by atomic mass is 79.9. The Bertz CT molecular complexity index is 533. The molecule has 0 atom stereocenters. The maximum Gasteiger partial charge on any atom is 0.185 e. The zero-order valence-electron chi connectivity index (χ0n) is 10.6. The summed E-state index contributed by atoms with van der Waals surface area (Å²) in [6.07, 6.45) is 0. The molecule has 2 rings (SSSR count). The number of benzene rings is 1. The minimum Gasteiger partial charge on any atom is -0.357 e. The molecule has 0 N–H and O–H groups in total. The van der Waals surface area contributed by atoms with Gasteiger partial charge in [0.2, 0.25) is 0 Å². The van der Waals surface area contributed by atoms with E-state index in [4.69, 9.17) is 0 Å². The van der Waals surface area contributed by atoms with E-state index in [1.54, 1.807) is 11.8 Å². The predicted octanol–water partition coefficient (Wildman–Crippen LogP) is 3.98. The molecule has 19 heavy (non-hydrogen) atoms. The molecule has 0 fully saturated rings. The summed E-state index contributed by atoms with van der Waals surface area (Å²) in [5.74, 6) is -1.10. The molecule has 0 radical (unpaired) electrons. The SMILES string of the molecule is Br.CC1=C(C)N(CC(=O)c2ccc(F)cc2F)CS1. The van der Waals surface area contributed by atoms with Crippen LogP contribution in [0, 0.1) is 11.6 Å². The second-order valence-electron chi connectivity index (χ2n) is 4.16. The summed E-state index contributed by atoms with van der Waals surface area (Å²) in [6.45, 7) is 4.05. The number of thioether (sulfide) groups is 1. The van der Waals surface area contributed by atoms with Crippen molar-refractivity contribution in [2.45, 2.75) is 13.8 Å². The van der Waals surface area contributed by atoms with Crippen molar-refractivity contribution < 1.29 is 13.6 Å². The maximum atomic E-state index is 13.5. The Kier molecular flexibility index (Phi) is 5.55. The fourth-order valence-electron chi connectivity index (χ4n) is 1.74. The Morgan fingerprint density at radius 2 is 2.05 bits per heavy atom. The Morgan fingerprint density at radius 1 is 1.37 bits per heavy atom. The van der Waals surface area contributed by atoms with E-state index in [2.05, 4.69) is 0 Å². The molecular weight excluding hydrogens is 336 g/mol. The lowest BCUT2D eigenvalue weighted by Gasteiger charge is -2.18. The van der Waals surface area contributed by atoms with Gasteiger partial charge in [-0.15, -0.1) is 28.7 Å². The van der Waals surface area contributed by atoms with Gasteiger partial charge in [0.25, 0.3) is 0 Å². The summed E-state index contributed by atoms with van der Waals surface area (Å²) in [5, 5.41) is 0. The lowest BCUT2D eigenvalue weighted by Crippen LogP contribution is -2.26. The van der Waals surface area contributed by atoms with E-state index in [-0.39, 0.29) is 34.9 Å². The molecule has 0 bridgehead atoms. The standard InChI is InChI=1S/C13H13F2NOS.BrH/c1-8-9(2)18-7-16(8)6-13(17)11-4-3-10(14)5-12(11)15;/h3-5H,6-7H2,1-2H3;1H. The van der Waals surface area contributed by atoms with Crippen LogP contribution >= 0.6 is 28.7 Å². The molecule has 0 saturated heterocycles. The molecule has 1 aliphatic rings. The Labute approximate surface area is 125 Å². The second-order valence-corrected chi connectivity index (χ2v) is 5.32. The van der Waals surface area contributed by atoms with Crippen molar-refractivity contribution in [3.05, 3.63) is 46.0 Å². The minimum atomic E-state index is -0.801. The summed E-state index contributed by atoms with van der Waals surface area (Å²) < 4.78 is 26.2. The fourth-order valence-corrected chi connectivity index (χ4v) is 2.71. The number of carbonyl (C=O) groups is 1. The number of nitrogens with zero attached hydrogens (tertiary/aromatic N) is 1. The third-order valence-electron chi connectivity index (χ3n) is 2.99. The van der Waals surface area contributed by atoms with E-state index in [0.717, 1.165) is 17.8 Å². The second kappa shape index (κ2) is 6.52. The third-order valence-corrected chi connectivity index (χ3v) is 4.16.